The lowest BCUT2D eigenvalue weighted by Gasteiger charge is -2.29. The molecule has 162 valence electrons. The van der Waals surface area contributed by atoms with E-state index in [0.717, 1.165) is 11.1 Å². The number of carbonyl (C=O) groups excluding carboxylic acids is 1. The highest BCUT2D eigenvalue weighted by Gasteiger charge is 2.27. The van der Waals surface area contributed by atoms with Crippen molar-refractivity contribution in [3.63, 3.8) is 0 Å². The van der Waals surface area contributed by atoms with Gasteiger partial charge in [0.05, 0.1) is 25.5 Å². The first kappa shape index (κ1) is 22.0. The van der Waals surface area contributed by atoms with Crippen LogP contribution in [-0.2, 0) is 23.0 Å². The molecule has 1 N–H and O–H groups in total. The lowest BCUT2D eigenvalue weighted by atomic mass is 10.0. The predicted octanol–water partition coefficient (Wildman–Crippen LogP) is 2.35. The van der Waals surface area contributed by atoms with Crippen LogP contribution in [0.2, 0.25) is 0 Å². The number of sulfonamides is 1. The maximum Gasteiger partial charge on any atom is 0.254 e. The van der Waals surface area contributed by atoms with Crippen LogP contribution in [0.15, 0.2) is 36.4 Å². The number of fused-ring (bicyclic) bond motifs is 1. The zero-order chi connectivity index (χ0) is 21.7. The van der Waals surface area contributed by atoms with Gasteiger partial charge >= 0.3 is 0 Å². The molecule has 0 bridgehead atoms. The molecule has 7 nitrogen and oxygen atoms in total. The Morgan fingerprint density at radius 2 is 1.80 bits per heavy atom. The smallest absolute Gasteiger partial charge is 0.254 e. The van der Waals surface area contributed by atoms with E-state index in [-0.39, 0.29) is 30.8 Å². The largest absolute Gasteiger partial charge is 0.493 e. The Labute approximate surface area is 175 Å². The van der Waals surface area contributed by atoms with E-state index < -0.39 is 21.7 Å². The number of benzene rings is 2. The Morgan fingerprint density at radius 1 is 1.13 bits per heavy atom. The van der Waals surface area contributed by atoms with Crippen LogP contribution in [0, 0.1) is 5.82 Å². The molecule has 30 heavy (non-hydrogen) atoms. The maximum atomic E-state index is 13.6. The quantitative estimate of drug-likeness (QED) is 0.642. The van der Waals surface area contributed by atoms with Gasteiger partial charge in [-0.1, -0.05) is 12.1 Å². The molecule has 1 aliphatic heterocycles. The SMILES string of the molecule is COc1cc2c(cc1OC)CN(S(=O)(=O)CCCNC(=O)c1ccccc1F)CC2. The van der Waals surface area contributed by atoms with Crippen molar-refractivity contribution >= 4 is 15.9 Å². The monoisotopic (exact) mass is 436 g/mol. The van der Waals surface area contributed by atoms with Crippen molar-refractivity contribution in [3.05, 3.63) is 58.9 Å². The van der Waals surface area contributed by atoms with Gasteiger partial charge in [-0.3, -0.25) is 4.79 Å². The number of hydrogen-bond acceptors (Lipinski definition) is 5. The summed E-state index contributed by atoms with van der Waals surface area (Å²) in [6.45, 7) is 0.786. The van der Waals surface area contributed by atoms with Gasteiger partial charge in [0.2, 0.25) is 10.0 Å². The molecule has 3 rings (SSSR count). The molecule has 9 heteroatoms. The van der Waals surface area contributed by atoms with E-state index in [1.165, 1.54) is 29.6 Å². The van der Waals surface area contributed by atoms with Crippen LogP contribution in [0.25, 0.3) is 0 Å². The van der Waals surface area contributed by atoms with Gasteiger partial charge in [0.15, 0.2) is 11.5 Å². The van der Waals surface area contributed by atoms with Crippen LogP contribution in [-0.4, -0.2) is 51.7 Å². The number of hydrogen-bond donors (Lipinski definition) is 1. The first-order chi connectivity index (χ1) is 14.4. The molecule has 2 aromatic carbocycles. The lowest BCUT2D eigenvalue weighted by Crippen LogP contribution is -2.38. The van der Waals surface area contributed by atoms with E-state index in [2.05, 4.69) is 5.32 Å². The Kier molecular flexibility index (Phi) is 6.94. The van der Waals surface area contributed by atoms with Crippen molar-refractivity contribution < 1.29 is 27.1 Å². The van der Waals surface area contributed by atoms with E-state index in [0.29, 0.717) is 24.5 Å². The van der Waals surface area contributed by atoms with Gasteiger partial charge in [-0.15, -0.1) is 0 Å². The predicted molar refractivity (Wildman–Crippen MR) is 111 cm³/mol. The van der Waals surface area contributed by atoms with Crippen LogP contribution < -0.4 is 14.8 Å². The molecular formula is C21H25FN2O5S. The van der Waals surface area contributed by atoms with E-state index in [4.69, 9.17) is 9.47 Å². The Hall–Kier alpha value is -2.65. The van der Waals surface area contributed by atoms with Gasteiger partial charge < -0.3 is 14.8 Å². The average Bonchev–Trinajstić information content (AvgIpc) is 2.75. The van der Waals surface area contributed by atoms with Crippen molar-refractivity contribution in [3.8, 4) is 11.5 Å². The van der Waals surface area contributed by atoms with Gasteiger partial charge in [-0.25, -0.2) is 12.8 Å². The van der Waals surface area contributed by atoms with Gasteiger partial charge in [-0.2, -0.15) is 4.31 Å². The first-order valence-electron chi connectivity index (χ1n) is 9.60. The molecular weight excluding hydrogens is 411 g/mol. The molecule has 2 aromatic rings. The van der Waals surface area contributed by atoms with E-state index in [1.54, 1.807) is 13.2 Å². The highest BCUT2D eigenvalue weighted by atomic mass is 32.2. The summed E-state index contributed by atoms with van der Waals surface area (Å²) in [5.74, 6) is -0.0858. The molecule has 1 aliphatic rings. The van der Waals surface area contributed by atoms with Crippen molar-refractivity contribution in [1.29, 1.82) is 0 Å². The highest BCUT2D eigenvalue weighted by molar-refractivity contribution is 7.89. The summed E-state index contributed by atoms with van der Waals surface area (Å²) in [6, 6.07) is 9.36. The molecule has 1 amide bonds. The van der Waals surface area contributed by atoms with E-state index in [9.17, 15) is 17.6 Å². The fourth-order valence-electron chi connectivity index (χ4n) is 3.42. The van der Waals surface area contributed by atoms with Crippen LogP contribution in [0.4, 0.5) is 4.39 Å². The minimum atomic E-state index is -3.50. The van der Waals surface area contributed by atoms with Crippen molar-refractivity contribution in [2.45, 2.75) is 19.4 Å². The molecule has 0 spiro atoms. The van der Waals surface area contributed by atoms with Gasteiger partial charge in [0, 0.05) is 19.6 Å². The second kappa shape index (κ2) is 9.44. The number of carbonyl (C=O) groups is 1. The molecule has 0 saturated carbocycles. The van der Waals surface area contributed by atoms with Gasteiger partial charge in [-0.05, 0) is 48.2 Å². The zero-order valence-electron chi connectivity index (χ0n) is 17.0. The molecule has 1 heterocycles. The number of halogens is 1. The molecule has 0 aromatic heterocycles. The molecule has 0 unspecified atom stereocenters. The third-order valence-corrected chi connectivity index (χ3v) is 6.96. The summed E-state index contributed by atoms with van der Waals surface area (Å²) in [4.78, 5) is 12.0. The number of amides is 1. The first-order valence-corrected chi connectivity index (χ1v) is 11.2. The topological polar surface area (TPSA) is 84.9 Å². The number of rotatable bonds is 8. The molecule has 0 fully saturated rings. The maximum absolute atomic E-state index is 13.6. The van der Waals surface area contributed by atoms with Crippen LogP contribution in [0.3, 0.4) is 0 Å². The minimum absolute atomic E-state index is 0.0580. The summed E-state index contributed by atoms with van der Waals surface area (Å²) in [5, 5.41) is 2.57. The normalized spacial score (nSPS) is 14.1. The van der Waals surface area contributed by atoms with E-state index >= 15 is 0 Å². The number of nitrogens with zero attached hydrogens (tertiary/aromatic N) is 1. The summed E-state index contributed by atoms with van der Waals surface area (Å²) >= 11 is 0. The standard InChI is InChI=1S/C21H25FN2O5S/c1-28-19-12-15-8-10-24(14-16(15)13-20(19)29-2)30(26,27)11-5-9-23-21(25)17-6-3-4-7-18(17)22/h3-4,6-7,12-13H,5,8-11,14H2,1-2H3,(H,23,25). The average molecular weight is 437 g/mol. The number of methoxy groups -OCH3 is 2. The number of ether oxygens (including phenoxy) is 2. The Bertz CT molecular complexity index is 1030. The third kappa shape index (κ3) is 4.91. The van der Waals surface area contributed by atoms with Crippen molar-refractivity contribution in [2.75, 3.05) is 33.1 Å². The summed E-state index contributed by atoms with van der Waals surface area (Å²) in [5.41, 5.74) is 1.86. The molecule has 0 aliphatic carbocycles. The second-order valence-corrected chi connectivity index (χ2v) is 9.05. The molecule has 0 atom stereocenters. The van der Waals surface area contributed by atoms with Crippen LogP contribution in [0.5, 0.6) is 11.5 Å². The Morgan fingerprint density at radius 3 is 2.47 bits per heavy atom. The summed E-state index contributed by atoms with van der Waals surface area (Å²) in [7, 11) is -0.393. The van der Waals surface area contributed by atoms with Crippen LogP contribution in [0.1, 0.15) is 27.9 Å². The zero-order valence-corrected chi connectivity index (χ0v) is 17.8. The van der Waals surface area contributed by atoms with Crippen molar-refractivity contribution in [1.82, 2.24) is 9.62 Å². The van der Waals surface area contributed by atoms with Crippen LogP contribution >= 0.6 is 0 Å². The Balaban J connectivity index is 1.56. The summed E-state index contributed by atoms with van der Waals surface area (Å²) in [6.07, 6.45) is 0.816. The fraction of sp³-hybridized carbons (Fsp3) is 0.381. The van der Waals surface area contributed by atoms with Gasteiger partial charge in [0.25, 0.3) is 5.91 Å². The lowest BCUT2D eigenvalue weighted by molar-refractivity contribution is 0.0949. The van der Waals surface area contributed by atoms with Crippen molar-refractivity contribution in [2.24, 2.45) is 0 Å². The molecule has 0 radical (unpaired) electrons. The summed E-state index contributed by atoms with van der Waals surface area (Å²) < 4.78 is 51.2. The highest BCUT2D eigenvalue weighted by Crippen LogP contribution is 2.33. The number of nitrogens with one attached hydrogen (secondary N) is 1. The minimum Gasteiger partial charge on any atom is -0.493 e. The van der Waals surface area contributed by atoms with E-state index in [1.807, 2.05) is 12.1 Å². The van der Waals surface area contributed by atoms with Gasteiger partial charge in [0.1, 0.15) is 5.82 Å². The third-order valence-electron chi connectivity index (χ3n) is 5.06. The second-order valence-electron chi connectivity index (χ2n) is 6.96. The fourth-order valence-corrected chi connectivity index (χ4v) is 4.89. The molecule has 0 saturated heterocycles.